The quantitative estimate of drug-likeness (QED) is 0.582. The SMILES string of the molecule is C[N+](C)(C)C1C2CC[C@H]1[C@H](OC(=O)C([O-])(c1cccs1)c1cccs1)C2. The molecule has 0 amide bonds. The maximum absolute atomic E-state index is 13.7. The van der Waals surface area contributed by atoms with Gasteiger partial charge in [-0.2, -0.15) is 0 Å². The van der Waals surface area contributed by atoms with Crippen LogP contribution in [0.15, 0.2) is 35.0 Å². The molecule has 0 aliphatic heterocycles. The van der Waals surface area contributed by atoms with Crippen LogP contribution >= 0.6 is 22.7 Å². The van der Waals surface area contributed by atoms with E-state index in [1.807, 2.05) is 22.9 Å². The normalized spacial score (nSPS) is 28.5. The lowest BCUT2D eigenvalue weighted by molar-refractivity contribution is -0.900. The number of thiophene rings is 2. The molecule has 2 aliphatic rings. The van der Waals surface area contributed by atoms with Crippen molar-refractivity contribution in [1.29, 1.82) is 0 Å². The fraction of sp³-hybridized carbons (Fsp3) is 0.550. The average Bonchev–Trinajstić information content (AvgIpc) is 3.36. The molecule has 0 spiro atoms. The van der Waals surface area contributed by atoms with E-state index >= 15 is 0 Å². The Labute approximate surface area is 162 Å². The van der Waals surface area contributed by atoms with Crippen molar-refractivity contribution in [2.75, 3.05) is 21.1 Å². The zero-order chi connectivity index (χ0) is 18.5. The zero-order valence-corrected chi connectivity index (χ0v) is 17.0. The molecule has 140 valence electrons. The van der Waals surface area contributed by atoms with Gasteiger partial charge in [0.05, 0.1) is 32.8 Å². The molecule has 4 atom stereocenters. The number of ether oxygens (including phenoxy) is 1. The second-order valence-corrected chi connectivity index (χ2v) is 10.3. The van der Waals surface area contributed by atoms with Gasteiger partial charge in [-0.1, -0.05) is 12.1 Å². The largest absolute Gasteiger partial charge is 0.833 e. The predicted molar refractivity (Wildman–Crippen MR) is 102 cm³/mol. The van der Waals surface area contributed by atoms with Crippen molar-refractivity contribution >= 4 is 28.6 Å². The highest BCUT2D eigenvalue weighted by atomic mass is 32.1. The van der Waals surface area contributed by atoms with Crippen LogP contribution in [0.2, 0.25) is 0 Å². The molecular weight excluding hydrogens is 366 g/mol. The highest BCUT2D eigenvalue weighted by molar-refractivity contribution is 7.12. The van der Waals surface area contributed by atoms with Gasteiger partial charge in [0.2, 0.25) is 0 Å². The number of carbonyl (C=O) groups excluding carboxylic acids is 1. The average molecular weight is 392 g/mol. The lowest BCUT2D eigenvalue weighted by Gasteiger charge is -2.38. The third-order valence-corrected chi connectivity index (χ3v) is 7.92. The standard InChI is InChI=1S/C20H25NO3S2/c1-21(2,3)18-13-8-9-14(18)15(12-13)24-19(22)20(23,16-6-4-10-25-16)17-7-5-11-26-17/h4-7,10-11,13-15,18H,8-9,12H2,1-3H3/t13?,14-,15+,18?/m0/s1. The van der Waals surface area contributed by atoms with Crippen LogP contribution in [-0.4, -0.2) is 43.7 Å². The molecule has 2 fully saturated rings. The summed E-state index contributed by atoms with van der Waals surface area (Å²) in [5.74, 6) is 0.308. The van der Waals surface area contributed by atoms with Gasteiger partial charge in [0, 0.05) is 21.6 Å². The topological polar surface area (TPSA) is 49.4 Å². The Morgan fingerprint density at radius 1 is 1.15 bits per heavy atom. The molecule has 2 bridgehead atoms. The summed E-state index contributed by atoms with van der Waals surface area (Å²) in [6, 6.07) is 7.64. The number of hydrogen-bond acceptors (Lipinski definition) is 5. The van der Waals surface area contributed by atoms with E-state index in [1.165, 1.54) is 29.1 Å². The Balaban J connectivity index is 1.59. The number of carbonyl (C=O) groups is 1. The summed E-state index contributed by atoms with van der Waals surface area (Å²) in [5, 5.41) is 17.4. The number of quaternary nitrogens is 1. The van der Waals surface area contributed by atoms with Crippen LogP contribution in [0.25, 0.3) is 0 Å². The molecule has 0 aromatic carbocycles. The van der Waals surface area contributed by atoms with Gasteiger partial charge in [0.15, 0.2) is 0 Å². The van der Waals surface area contributed by atoms with E-state index in [1.54, 1.807) is 12.1 Å². The minimum Gasteiger partial charge on any atom is -0.833 e. The maximum Gasteiger partial charge on any atom is 0.306 e. The molecule has 4 nitrogen and oxygen atoms in total. The summed E-state index contributed by atoms with van der Waals surface area (Å²) >= 11 is 2.65. The molecule has 2 aliphatic carbocycles. The Hall–Kier alpha value is -1.21. The van der Waals surface area contributed by atoms with Crippen molar-refractivity contribution in [1.82, 2.24) is 0 Å². The number of hydrogen-bond donors (Lipinski definition) is 0. The van der Waals surface area contributed by atoms with E-state index in [-0.39, 0.29) is 6.10 Å². The van der Waals surface area contributed by atoms with Crippen LogP contribution < -0.4 is 5.11 Å². The molecule has 2 aromatic rings. The van der Waals surface area contributed by atoms with Gasteiger partial charge in [-0.3, -0.25) is 4.79 Å². The highest BCUT2D eigenvalue weighted by Gasteiger charge is 2.56. The van der Waals surface area contributed by atoms with Gasteiger partial charge in [-0.15, -0.1) is 22.7 Å². The summed E-state index contributed by atoms with van der Waals surface area (Å²) in [4.78, 5) is 14.1. The first kappa shape index (κ1) is 18.2. The summed E-state index contributed by atoms with van der Waals surface area (Å²) in [6.45, 7) is 0. The van der Waals surface area contributed by atoms with Crippen LogP contribution in [-0.2, 0) is 15.1 Å². The third-order valence-electron chi connectivity index (χ3n) is 5.98. The third kappa shape index (κ3) is 2.83. The van der Waals surface area contributed by atoms with Crippen LogP contribution in [0.1, 0.15) is 29.0 Å². The smallest absolute Gasteiger partial charge is 0.306 e. The highest BCUT2D eigenvalue weighted by Crippen LogP contribution is 2.50. The second kappa shape index (κ2) is 6.44. The van der Waals surface area contributed by atoms with E-state index < -0.39 is 11.6 Å². The lowest BCUT2D eigenvalue weighted by atomic mass is 9.96. The Morgan fingerprint density at radius 2 is 1.77 bits per heavy atom. The Bertz CT molecular complexity index is 729. The van der Waals surface area contributed by atoms with Crippen molar-refractivity contribution in [3.05, 3.63) is 44.8 Å². The van der Waals surface area contributed by atoms with Gasteiger partial charge in [0.1, 0.15) is 6.10 Å². The minimum absolute atomic E-state index is 0.128. The van der Waals surface area contributed by atoms with Crippen molar-refractivity contribution in [2.24, 2.45) is 11.8 Å². The molecule has 0 saturated heterocycles. The fourth-order valence-electron chi connectivity index (χ4n) is 5.08. The molecule has 26 heavy (non-hydrogen) atoms. The van der Waals surface area contributed by atoms with Gasteiger partial charge in [-0.25, -0.2) is 0 Å². The molecular formula is C20H25NO3S2. The lowest BCUT2D eigenvalue weighted by Crippen LogP contribution is -2.51. The van der Waals surface area contributed by atoms with E-state index in [4.69, 9.17) is 4.74 Å². The monoisotopic (exact) mass is 391 g/mol. The molecule has 6 heteroatoms. The van der Waals surface area contributed by atoms with Crippen molar-refractivity contribution in [3.63, 3.8) is 0 Å². The minimum atomic E-state index is -1.95. The van der Waals surface area contributed by atoms with Crippen molar-refractivity contribution < 1.29 is 19.1 Å². The van der Waals surface area contributed by atoms with E-state index in [9.17, 15) is 9.90 Å². The van der Waals surface area contributed by atoms with Gasteiger partial charge < -0.3 is 14.3 Å². The van der Waals surface area contributed by atoms with Crippen LogP contribution in [0.4, 0.5) is 0 Å². The summed E-state index contributed by atoms with van der Waals surface area (Å²) in [5.41, 5.74) is -1.95. The van der Waals surface area contributed by atoms with Crippen molar-refractivity contribution in [2.45, 2.75) is 37.0 Å². The summed E-state index contributed by atoms with van der Waals surface area (Å²) in [7, 11) is 6.65. The first-order chi connectivity index (χ1) is 12.3. The molecule has 0 radical (unpaired) electrons. The fourth-order valence-corrected chi connectivity index (χ4v) is 6.78. The maximum atomic E-state index is 13.7. The molecule has 2 aromatic heterocycles. The van der Waals surface area contributed by atoms with Gasteiger partial charge in [-0.05, 0) is 42.2 Å². The van der Waals surface area contributed by atoms with E-state index in [0.717, 1.165) is 17.3 Å². The van der Waals surface area contributed by atoms with Gasteiger partial charge in [0.25, 0.3) is 0 Å². The Morgan fingerprint density at radius 3 is 2.23 bits per heavy atom. The molecule has 2 heterocycles. The molecule has 2 saturated carbocycles. The van der Waals surface area contributed by atoms with E-state index in [0.29, 0.717) is 27.6 Å². The molecule has 2 unspecified atom stereocenters. The summed E-state index contributed by atoms with van der Waals surface area (Å²) < 4.78 is 6.83. The summed E-state index contributed by atoms with van der Waals surface area (Å²) in [6.07, 6.45) is 3.06. The predicted octanol–water partition coefficient (Wildman–Crippen LogP) is 2.83. The first-order valence-corrected chi connectivity index (χ1v) is 10.9. The van der Waals surface area contributed by atoms with E-state index in [2.05, 4.69) is 21.1 Å². The van der Waals surface area contributed by atoms with Crippen LogP contribution in [0.5, 0.6) is 0 Å². The molecule has 0 N–H and O–H groups in total. The number of rotatable bonds is 5. The van der Waals surface area contributed by atoms with Crippen molar-refractivity contribution in [3.8, 4) is 0 Å². The number of nitrogens with zero attached hydrogens (tertiary/aromatic N) is 1. The van der Waals surface area contributed by atoms with Crippen LogP contribution in [0.3, 0.4) is 0 Å². The molecule has 4 rings (SSSR count). The second-order valence-electron chi connectivity index (χ2n) is 8.42. The number of esters is 1. The Kier molecular flexibility index (Phi) is 4.50. The van der Waals surface area contributed by atoms with Crippen LogP contribution in [0, 0.1) is 11.8 Å². The zero-order valence-electron chi connectivity index (χ0n) is 15.4. The van der Waals surface area contributed by atoms with Gasteiger partial charge >= 0.3 is 5.97 Å². The number of fused-ring (bicyclic) bond motifs is 2. The first-order valence-electron chi connectivity index (χ1n) is 9.12.